The molecule has 2 heterocycles. The van der Waals surface area contributed by atoms with Crippen molar-refractivity contribution in [1.82, 2.24) is 20.2 Å². The fourth-order valence-corrected chi connectivity index (χ4v) is 2.64. The van der Waals surface area contributed by atoms with Crippen molar-refractivity contribution in [3.05, 3.63) is 54.6 Å². The summed E-state index contributed by atoms with van der Waals surface area (Å²) in [5.41, 5.74) is 7.72. The second-order valence-corrected chi connectivity index (χ2v) is 5.79. The fraction of sp³-hybridized carbons (Fsp3) is 0.0556. The zero-order valence-corrected chi connectivity index (χ0v) is 14.2. The molecule has 2 aromatic carbocycles. The van der Waals surface area contributed by atoms with Crippen LogP contribution in [0.2, 0.25) is 0 Å². The monoisotopic (exact) mass is 386 g/mol. The van der Waals surface area contributed by atoms with E-state index in [2.05, 4.69) is 30.2 Å². The number of H-pyrrole nitrogens is 1. The van der Waals surface area contributed by atoms with Crippen molar-refractivity contribution < 1.29 is 17.9 Å². The predicted octanol–water partition coefficient (Wildman–Crippen LogP) is 4.24. The average Bonchev–Trinajstić information content (AvgIpc) is 3.05. The maximum Gasteiger partial charge on any atom is 0.573 e. The van der Waals surface area contributed by atoms with Crippen molar-refractivity contribution in [3.8, 4) is 17.1 Å². The van der Waals surface area contributed by atoms with Crippen LogP contribution in [-0.2, 0) is 0 Å². The number of alkyl halides is 3. The average molecular weight is 386 g/mol. The molecule has 0 unspecified atom stereocenters. The molecule has 0 radical (unpaired) electrons. The predicted molar refractivity (Wildman–Crippen MR) is 97.9 cm³/mol. The third-order valence-electron chi connectivity index (χ3n) is 3.83. The van der Waals surface area contributed by atoms with Gasteiger partial charge in [-0.25, -0.2) is 9.97 Å². The number of halogens is 3. The van der Waals surface area contributed by atoms with Crippen LogP contribution in [0, 0.1) is 0 Å². The van der Waals surface area contributed by atoms with Gasteiger partial charge < -0.3 is 15.8 Å². The molecular weight excluding hydrogens is 373 g/mol. The molecule has 0 amide bonds. The Labute approximate surface area is 156 Å². The number of nitrogens with two attached hydrogens (primary N) is 1. The topological polar surface area (TPSA) is 102 Å². The maximum absolute atomic E-state index is 12.3. The lowest BCUT2D eigenvalue weighted by Gasteiger charge is -2.09. The molecule has 0 saturated carbocycles. The summed E-state index contributed by atoms with van der Waals surface area (Å²) in [6, 6.07) is 14.6. The van der Waals surface area contributed by atoms with Gasteiger partial charge >= 0.3 is 6.36 Å². The zero-order valence-electron chi connectivity index (χ0n) is 14.2. The second-order valence-electron chi connectivity index (χ2n) is 5.79. The lowest BCUT2D eigenvalue weighted by Crippen LogP contribution is -2.16. The minimum atomic E-state index is -4.75. The van der Waals surface area contributed by atoms with Crippen LogP contribution in [0.25, 0.3) is 22.4 Å². The Kier molecular flexibility index (Phi) is 4.22. The number of fused-ring (bicyclic) bond motifs is 1. The highest BCUT2D eigenvalue weighted by atomic mass is 19.4. The molecule has 28 heavy (non-hydrogen) atoms. The molecule has 0 spiro atoms. The lowest BCUT2D eigenvalue weighted by atomic mass is 10.2. The molecule has 0 aliphatic rings. The van der Waals surface area contributed by atoms with Crippen LogP contribution in [0.1, 0.15) is 0 Å². The largest absolute Gasteiger partial charge is 0.573 e. The van der Waals surface area contributed by atoms with Gasteiger partial charge in [-0.1, -0.05) is 18.2 Å². The molecule has 0 aliphatic carbocycles. The summed E-state index contributed by atoms with van der Waals surface area (Å²) < 4.78 is 40.7. The van der Waals surface area contributed by atoms with E-state index < -0.39 is 6.36 Å². The van der Waals surface area contributed by atoms with E-state index in [4.69, 9.17) is 5.73 Å². The van der Waals surface area contributed by atoms with Gasteiger partial charge in [-0.3, -0.25) is 5.10 Å². The summed E-state index contributed by atoms with van der Waals surface area (Å²) in [4.78, 5) is 8.59. The van der Waals surface area contributed by atoms with Crippen molar-refractivity contribution in [3.63, 3.8) is 0 Å². The minimum absolute atomic E-state index is 0.183. The molecule has 142 valence electrons. The van der Waals surface area contributed by atoms with Crippen LogP contribution < -0.4 is 15.8 Å². The van der Waals surface area contributed by atoms with Crippen molar-refractivity contribution in [2.75, 3.05) is 11.1 Å². The first-order valence-electron chi connectivity index (χ1n) is 8.09. The Bertz CT molecular complexity index is 1110. The number of hydrogen-bond acceptors (Lipinski definition) is 6. The summed E-state index contributed by atoms with van der Waals surface area (Å²) in [6.07, 6.45) is -4.75. The van der Waals surface area contributed by atoms with Crippen molar-refractivity contribution in [2.45, 2.75) is 6.36 Å². The Morgan fingerprint density at radius 3 is 2.36 bits per heavy atom. The molecule has 0 aliphatic heterocycles. The van der Waals surface area contributed by atoms with Crippen LogP contribution >= 0.6 is 0 Å². The summed E-state index contributed by atoms with van der Waals surface area (Å²) in [5, 5.41) is 10.6. The second kappa shape index (κ2) is 6.72. The number of nitrogens with zero attached hydrogens (tertiary/aromatic N) is 3. The molecule has 0 bridgehead atoms. The Morgan fingerprint density at radius 1 is 0.964 bits per heavy atom. The number of anilines is 3. The van der Waals surface area contributed by atoms with Gasteiger partial charge in [-0.15, -0.1) is 13.2 Å². The molecular formula is C18H13F3N6O. The van der Waals surface area contributed by atoms with Crippen LogP contribution in [0.5, 0.6) is 5.75 Å². The number of aromatic nitrogens is 4. The maximum atomic E-state index is 12.3. The van der Waals surface area contributed by atoms with Gasteiger partial charge in [0.1, 0.15) is 22.8 Å². The van der Waals surface area contributed by atoms with Gasteiger partial charge in [0, 0.05) is 11.3 Å². The standard InChI is InChI=1S/C18H13F3N6O/c19-18(20,21)28-12-8-6-10(7-9-12)15-24-14(22)13-16(26-27-17(13)25-15)23-11-4-2-1-3-5-11/h1-9H,(H4,22,23,24,25,26,27). The van der Waals surface area contributed by atoms with Crippen molar-refractivity contribution >= 4 is 28.4 Å². The molecule has 10 heteroatoms. The molecule has 0 fully saturated rings. The van der Waals surface area contributed by atoms with E-state index in [0.29, 0.717) is 22.4 Å². The van der Waals surface area contributed by atoms with E-state index >= 15 is 0 Å². The van der Waals surface area contributed by atoms with Crippen LogP contribution in [0.15, 0.2) is 54.6 Å². The lowest BCUT2D eigenvalue weighted by molar-refractivity contribution is -0.274. The first-order chi connectivity index (χ1) is 13.4. The number of nitrogens with one attached hydrogen (secondary N) is 2. The molecule has 4 rings (SSSR count). The number of rotatable bonds is 4. The van der Waals surface area contributed by atoms with E-state index in [1.54, 1.807) is 0 Å². The third-order valence-corrected chi connectivity index (χ3v) is 3.83. The van der Waals surface area contributed by atoms with Crippen molar-refractivity contribution in [1.29, 1.82) is 0 Å². The van der Waals surface area contributed by atoms with E-state index in [0.717, 1.165) is 5.69 Å². The molecule has 7 nitrogen and oxygen atoms in total. The summed E-state index contributed by atoms with van der Waals surface area (Å²) in [6.45, 7) is 0. The third kappa shape index (κ3) is 3.65. The molecule has 0 saturated heterocycles. The Morgan fingerprint density at radius 2 is 1.68 bits per heavy atom. The molecule has 2 aromatic heterocycles. The molecule has 4 N–H and O–H groups in total. The molecule has 0 atom stereocenters. The summed E-state index contributed by atoms with van der Waals surface area (Å²) in [5.74, 6) is 0.628. The van der Waals surface area contributed by atoms with Crippen LogP contribution in [-0.4, -0.2) is 26.5 Å². The number of ether oxygens (including phenoxy) is 1. The highest BCUT2D eigenvalue weighted by Crippen LogP contribution is 2.30. The number of benzene rings is 2. The smallest absolute Gasteiger partial charge is 0.406 e. The van der Waals surface area contributed by atoms with Crippen LogP contribution in [0.4, 0.5) is 30.5 Å². The number of hydrogen-bond donors (Lipinski definition) is 3. The first kappa shape index (κ1) is 17.6. The molecule has 4 aromatic rings. The van der Waals surface area contributed by atoms with E-state index in [1.807, 2.05) is 30.3 Å². The number of nitrogen functional groups attached to an aromatic ring is 1. The SMILES string of the molecule is Nc1nc(-c2ccc(OC(F)(F)F)cc2)nc2n[nH]c(Nc3ccccc3)c12. The van der Waals surface area contributed by atoms with Gasteiger partial charge in [0.15, 0.2) is 11.5 Å². The first-order valence-corrected chi connectivity index (χ1v) is 8.09. The highest BCUT2D eigenvalue weighted by molar-refractivity contribution is 5.97. The van der Waals surface area contributed by atoms with Gasteiger partial charge in [0.05, 0.1) is 0 Å². The van der Waals surface area contributed by atoms with Gasteiger partial charge in [-0.05, 0) is 36.4 Å². The number of para-hydroxylation sites is 1. The summed E-state index contributed by atoms with van der Waals surface area (Å²) >= 11 is 0. The zero-order chi connectivity index (χ0) is 19.7. The van der Waals surface area contributed by atoms with Crippen LogP contribution in [0.3, 0.4) is 0 Å². The van der Waals surface area contributed by atoms with E-state index in [-0.39, 0.29) is 17.4 Å². The van der Waals surface area contributed by atoms with E-state index in [9.17, 15) is 13.2 Å². The highest BCUT2D eigenvalue weighted by Gasteiger charge is 2.31. The Balaban J connectivity index is 1.65. The minimum Gasteiger partial charge on any atom is -0.406 e. The Hall–Kier alpha value is -3.82. The fourth-order valence-electron chi connectivity index (χ4n) is 2.64. The van der Waals surface area contributed by atoms with Gasteiger partial charge in [0.25, 0.3) is 0 Å². The van der Waals surface area contributed by atoms with Gasteiger partial charge in [0.2, 0.25) is 0 Å². The number of aromatic amines is 1. The summed E-state index contributed by atoms with van der Waals surface area (Å²) in [7, 11) is 0. The van der Waals surface area contributed by atoms with E-state index in [1.165, 1.54) is 24.3 Å². The normalized spacial score (nSPS) is 11.5. The van der Waals surface area contributed by atoms with Crippen molar-refractivity contribution in [2.24, 2.45) is 0 Å². The quantitative estimate of drug-likeness (QED) is 0.485. The van der Waals surface area contributed by atoms with Gasteiger partial charge in [-0.2, -0.15) is 5.10 Å².